The van der Waals surface area contributed by atoms with Crippen LogP contribution in [0.3, 0.4) is 0 Å². The second-order valence-electron chi connectivity index (χ2n) is 6.87. The fourth-order valence-electron chi connectivity index (χ4n) is 3.54. The summed E-state index contributed by atoms with van der Waals surface area (Å²) in [7, 11) is 0. The van der Waals surface area contributed by atoms with E-state index < -0.39 is 0 Å². The lowest BCUT2D eigenvalue weighted by Gasteiger charge is -2.31. The predicted octanol–water partition coefficient (Wildman–Crippen LogP) is 4.48. The molecule has 2 aromatic carbocycles. The number of hydrogen-bond acceptors (Lipinski definition) is 5. The molecule has 0 spiro atoms. The Kier molecular flexibility index (Phi) is 5.76. The molecule has 2 heterocycles. The van der Waals surface area contributed by atoms with Crippen molar-refractivity contribution >= 4 is 27.5 Å². The molecule has 5 nitrogen and oxygen atoms in total. The van der Waals surface area contributed by atoms with Crippen molar-refractivity contribution in [2.24, 2.45) is 0 Å². The van der Waals surface area contributed by atoms with E-state index in [-0.39, 0.29) is 12.5 Å². The zero-order valence-electron chi connectivity index (χ0n) is 16.0. The first kappa shape index (κ1) is 18.7. The van der Waals surface area contributed by atoms with Crippen LogP contribution in [0, 0.1) is 0 Å². The highest BCUT2D eigenvalue weighted by atomic mass is 32.1. The Morgan fingerprint density at radius 2 is 1.89 bits per heavy atom. The normalized spacial score (nSPS) is 16.9. The number of nitrogens with zero attached hydrogens (tertiary/aromatic N) is 2. The topological polar surface area (TPSA) is 51.7 Å². The van der Waals surface area contributed by atoms with Crippen LogP contribution < -0.4 is 9.47 Å². The molecule has 146 valence electrons. The molecule has 0 saturated carbocycles. The van der Waals surface area contributed by atoms with Gasteiger partial charge in [0.1, 0.15) is 0 Å². The Labute approximate surface area is 168 Å². The zero-order valence-corrected chi connectivity index (χ0v) is 16.8. The monoisotopic (exact) mass is 396 g/mol. The molecular formula is C22H24N2O3S. The molecule has 1 fully saturated rings. The average Bonchev–Trinajstić information content (AvgIpc) is 3.18. The van der Waals surface area contributed by atoms with Gasteiger partial charge < -0.3 is 14.4 Å². The number of benzene rings is 2. The molecule has 6 heteroatoms. The molecule has 1 aliphatic rings. The maximum Gasteiger partial charge on any atom is 0.260 e. The second-order valence-corrected chi connectivity index (χ2v) is 7.93. The Morgan fingerprint density at radius 1 is 1.14 bits per heavy atom. The first-order valence-corrected chi connectivity index (χ1v) is 10.5. The Morgan fingerprint density at radius 3 is 2.68 bits per heavy atom. The van der Waals surface area contributed by atoms with Crippen molar-refractivity contribution < 1.29 is 14.3 Å². The van der Waals surface area contributed by atoms with Gasteiger partial charge in [0.25, 0.3) is 5.91 Å². The number of rotatable bonds is 6. The van der Waals surface area contributed by atoms with Crippen LogP contribution in [0.25, 0.3) is 10.2 Å². The largest absolute Gasteiger partial charge is 0.490 e. The predicted molar refractivity (Wildman–Crippen MR) is 111 cm³/mol. The van der Waals surface area contributed by atoms with E-state index in [1.54, 1.807) is 11.3 Å². The molecule has 4 rings (SSSR count). The highest BCUT2D eigenvalue weighted by Crippen LogP contribution is 2.33. The lowest BCUT2D eigenvalue weighted by molar-refractivity contribution is -0.134. The van der Waals surface area contributed by atoms with E-state index in [9.17, 15) is 4.79 Å². The highest BCUT2D eigenvalue weighted by molar-refractivity contribution is 7.18. The van der Waals surface area contributed by atoms with E-state index >= 15 is 0 Å². The molecule has 3 aromatic rings. The number of thiazole rings is 1. The number of carbonyl (C=O) groups excluding carboxylic acids is 1. The molecule has 1 atom stereocenters. The standard InChI is InChI=1S/C22H24N2O3S/c1-2-26-18-10-4-5-11-19(18)27-15-21(25)24-13-7-8-16(14-24)22-23-17-9-3-6-12-20(17)28-22/h3-6,9-12,16H,2,7-8,13-15H2,1H3/t16-/m0/s1. The van der Waals surface area contributed by atoms with E-state index in [4.69, 9.17) is 14.5 Å². The molecule has 0 radical (unpaired) electrons. The zero-order chi connectivity index (χ0) is 19.3. The van der Waals surface area contributed by atoms with E-state index in [2.05, 4.69) is 6.07 Å². The summed E-state index contributed by atoms with van der Waals surface area (Å²) in [5.41, 5.74) is 1.04. The molecule has 1 aromatic heterocycles. The van der Waals surface area contributed by atoms with Crippen LogP contribution in [0.1, 0.15) is 30.7 Å². The van der Waals surface area contributed by atoms with Crippen molar-refractivity contribution in [3.63, 3.8) is 0 Å². The van der Waals surface area contributed by atoms with Gasteiger partial charge in [0.15, 0.2) is 18.1 Å². The fourth-order valence-corrected chi connectivity index (χ4v) is 4.64. The molecule has 0 bridgehead atoms. The Balaban J connectivity index is 1.39. The first-order valence-electron chi connectivity index (χ1n) is 9.72. The van der Waals surface area contributed by atoms with Crippen LogP contribution in [0.2, 0.25) is 0 Å². The quantitative estimate of drug-likeness (QED) is 0.616. The number of hydrogen-bond donors (Lipinski definition) is 0. The van der Waals surface area contributed by atoms with E-state index in [0.29, 0.717) is 30.6 Å². The number of ether oxygens (including phenoxy) is 2. The lowest BCUT2D eigenvalue weighted by atomic mass is 9.99. The number of likely N-dealkylation sites (tertiary alicyclic amines) is 1. The van der Waals surface area contributed by atoms with Crippen LogP contribution in [0.4, 0.5) is 0 Å². The molecule has 1 aliphatic heterocycles. The number of carbonyl (C=O) groups is 1. The second kappa shape index (κ2) is 8.61. The molecule has 0 N–H and O–H groups in total. The summed E-state index contributed by atoms with van der Waals surface area (Å²) in [6.07, 6.45) is 2.06. The molecule has 0 unspecified atom stereocenters. The lowest BCUT2D eigenvalue weighted by Crippen LogP contribution is -2.41. The van der Waals surface area contributed by atoms with Gasteiger partial charge in [-0.25, -0.2) is 4.98 Å². The van der Waals surface area contributed by atoms with Gasteiger partial charge in [-0.1, -0.05) is 24.3 Å². The van der Waals surface area contributed by atoms with Crippen molar-refractivity contribution in [2.75, 3.05) is 26.3 Å². The van der Waals surface area contributed by atoms with Crippen LogP contribution in [-0.4, -0.2) is 42.1 Å². The Bertz CT molecular complexity index is 923. The van der Waals surface area contributed by atoms with Gasteiger partial charge in [0, 0.05) is 19.0 Å². The third kappa shape index (κ3) is 4.12. The van der Waals surface area contributed by atoms with Gasteiger partial charge in [0.2, 0.25) is 0 Å². The van der Waals surface area contributed by atoms with Gasteiger partial charge in [-0.2, -0.15) is 0 Å². The van der Waals surface area contributed by atoms with Gasteiger partial charge in [-0.3, -0.25) is 4.79 Å². The summed E-state index contributed by atoms with van der Waals surface area (Å²) in [5.74, 6) is 1.59. The minimum Gasteiger partial charge on any atom is -0.490 e. The minimum atomic E-state index is 0.0112. The third-order valence-electron chi connectivity index (χ3n) is 4.93. The van der Waals surface area contributed by atoms with Gasteiger partial charge >= 0.3 is 0 Å². The number of para-hydroxylation sites is 3. The summed E-state index contributed by atoms with van der Waals surface area (Å²) in [4.78, 5) is 19.4. The van der Waals surface area contributed by atoms with Gasteiger partial charge in [-0.15, -0.1) is 11.3 Å². The van der Waals surface area contributed by atoms with E-state index in [0.717, 1.165) is 29.9 Å². The summed E-state index contributed by atoms with van der Waals surface area (Å²) in [5, 5.41) is 1.13. The van der Waals surface area contributed by atoms with Gasteiger partial charge in [0.05, 0.1) is 21.8 Å². The number of piperidine rings is 1. The van der Waals surface area contributed by atoms with Crippen LogP contribution in [-0.2, 0) is 4.79 Å². The molecule has 1 saturated heterocycles. The van der Waals surface area contributed by atoms with Crippen LogP contribution in [0.5, 0.6) is 11.5 Å². The van der Waals surface area contributed by atoms with E-state index in [1.807, 2.05) is 54.3 Å². The maximum absolute atomic E-state index is 12.7. The summed E-state index contributed by atoms with van der Waals surface area (Å²) in [6.45, 7) is 3.99. The summed E-state index contributed by atoms with van der Waals surface area (Å²) in [6, 6.07) is 15.7. The van der Waals surface area contributed by atoms with Crippen molar-refractivity contribution in [2.45, 2.75) is 25.7 Å². The third-order valence-corrected chi connectivity index (χ3v) is 6.13. The smallest absolute Gasteiger partial charge is 0.260 e. The van der Waals surface area contributed by atoms with Crippen LogP contribution in [0.15, 0.2) is 48.5 Å². The van der Waals surface area contributed by atoms with Crippen molar-refractivity contribution in [3.8, 4) is 11.5 Å². The Hall–Kier alpha value is -2.60. The number of amides is 1. The van der Waals surface area contributed by atoms with Gasteiger partial charge in [-0.05, 0) is 44.0 Å². The van der Waals surface area contributed by atoms with Crippen molar-refractivity contribution in [3.05, 3.63) is 53.5 Å². The fraction of sp³-hybridized carbons (Fsp3) is 0.364. The molecular weight excluding hydrogens is 372 g/mol. The first-order chi connectivity index (χ1) is 13.7. The summed E-state index contributed by atoms with van der Waals surface area (Å²) >= 11 is 1.74. The maximum atomic E-state index is 12.7. The SMILES string of the molecule is CCOc1ccccc1OCC(=O)N1CCC[C@H](c2nc3ccccc3s2)C1. The van der Waals surface area contributed by atoms with Crippen molar-refractivity contribution in [1.29, 1.82) is 0 Å². The summed E-state index contributed by atoms with van der Waals surface area (Å²) < 4.78 is 12.5. The van der Waals surface area contributed by atoms with E-state index in [1.165, 1.54) is 4.70 Å². The van der Waals surface area contributed by atoms with Crippen LogP contribution >= 0.6 is 11.3 Å². The number of aromatic nitrogens is 1. The minimum absolute atomic E-state index is 0.0112. The number of fused-ring (bicyclic) bond motifs is 1. The molecule has 1 amide bonds. The highest BCUT2D eigenvalue weighted by Gasteiger charge is 2.27. The van der Waals surface area contributed by atoms with Crippen molar-refractivity contribution in [1.82, 2.24) is 9.88 Å². The molecule has 28 heavy (non-hydrogen) atoms. The molecule has 0 aliphatic carbocycles. The average molecular weight is 397 g/mol.